The van der Waals surface area contributed by atoms with Gasteiger partial charge in [-0.3, -0.25) is 4.99 Å². The van der Waals surface area contributed by atoms with Crippen LogP contribution < -0.4 is 11.5 Å². The first-order chi connectivity index (χ1) is 8.70. The molecule has 1 heterocycles. The molecule has 0 fully saturated rings. The molecule has 0 aliphatic rings. The van der Waals surface area contributed by atoms with Gasteiger partial charge in [-0.15, -0.1) is 0 Å². The summed E-state index contributed by atoms with van der Waals surface area (Å²) in [6.45, 7) is 3.37. The lowest BCUT2D eigenvalue weighted by atomic mass is 10.2. The fourth-order valence-corrected chi connectivity index (χ4v) is 1.43. The molecule has 2 aromatic rings. The van der Waals surface area contributed by atoms with Crippen LogP contribution in [0.4, 0.5) is 23.0 Å². The van der Waals surface area contributed by atoms with Crippen molar-refractivity contribution in [3.05, 3.63) is 42.0 Å². The quantitative estimate of drug-likeness (QED) is 0.805. The van der Waals surface area contributed by atoms with Gasteiger partial charge in [0.25, 0.3) is 0 Å². The molecule has 0 aliphatic carbocycles. The molecule has 0 amide bonds. The molecule has 90 valence electrons. The highest BCUT2D eigenvalue weighted by Gasteiger charge is 2.04. The van der Waals surface area contributed by atoms with Crippen LogP contribution in [-0.4, -0.2) is 17.9 Å². The van der Waals surface area contributed by atoms with Crippen LogP contribution in [-0.2, 0) is 0 Å². The zero-order valence-electron chi connectivity index (χ0n) is 9.74. The van der Waals surface area contributed by atoms with E-state index in [9.17, 15) is 0 Å². The van der Waals surface area contributed by atoms with Crippen molar-refractivity contribution in [3.63, 3.8) is 0 Å². The molecule has 5 heteroatoms. The molecular formula is C13H13N5. The van der Waals surface area contributed by atoms with E-state index in [-0.39, 0.29) is 5.82 Å². The molecule has 1 aromatic heterocycles. The van der Waals surface area contributed by atoms with Crippen molar-refractivity contribution in [3.8, 4) is 0 Å². The Bertz CT molecular complexity index is 590. The maximum absolute atomic E-state index is 5.76. The Morgan fingerprint density at radius 1 is 1.17 bits per heavy atom. The summed E-state index contributed by atoms with van der Waals surface area (Å²) in [6, 6.07) is 11.3. The Morgan fingerprint density at radius 3 is 2.56 bits per heavy atom. The standard InChI is InChI=1S/C13H13N5/c1-16-13-10(14)7-11(12(15)18-13)17-8-9-5-3-2-4-6-9/h2-8H,1,14H2,(H2,15,18)/b17-8+. The van der Waals surface area contributed by atoms with Crippen LogP contribution in [0.5, 0.6) is 0 Å². The van der Waals surface area contributed by atoms with E-state index in [2.05, 4.69) is 21.7 Å². The Hall–Kier alpha value is -2.69. The fraction of sp³-hybridized carbons (Fsp3) is 0. The van der Waals surface area contributed by atoms with E-state index in [0.717, 1.165) is 5.56 Å². The third-order valence-electron chi connectivity index (χ3n) is 2.34. The lowest BCUT2D eigenvalue weighted by Gasteiger charge is -2.03. The Morgan fingerprint density at radius 2 is 1.89 bits per heavy atom. The average Bonchev–Trinajstić information content (AvgIpc) is 2.40. The van der Waals surface area contributed by atoms with E-state index in [4.69, 9.17) is 11.5 Å². The van der Waals surface area contributed by atoms with Crippen LogP contribution in [0.1, 0.15) is 5.56 Å². The van der Waals surface area contributed by atoms with Crippen LogP contribution in [0.3, 0.4) is 0 Å². The molecule has 0 unspecified atom stereocenters. The zero-order chi connectivity index (χ0) is 13.0. The first-order valence-electron chi connectivity index (χ1n) is 5.32. The Balaban J connectivity index is 2.33. The first kappa shape index (κ1) is 11.8. The number of aliphatic imine (C=N–C) groups is 2. The SMILES string of the molecule is C=Nc1nc(N)c(/N=C/c2ccccc2)cc1N. The summed E-state index contributed by atoms with van der Waals surface area (Å²) >= 11 is 0. The smallest absolute Gasteiger partial charge is 0.176 e. The molecule has 18 heavy (non-hydrogen) atoms. The second-order valence-electron chi connectivity index (χ2n) is 3.63. The fourth-order valence-electron chi connectivity index (χ4n) is 1.43. The molecule has 0 spiro atoms. The van der Waals surface area contributed by atoms with Crippen molar-refractivity contribution < 1.29 is 0 Å². The lowest BCUT2D eigenvalue weighted by Crippen LogP contribution is -1.95. The number of aromatic nitrogens is 1. The largest absolute Gasteiger partial charge is 0.396 e. The van der Waals surface area contributed by atoms with Crippen LogP contribution in [0.2, 0.25) is 0 Å². The monoisotopic (exact) mass is 239 g/mol. The van der Waals surface area contributed by atoms with Crippen LogP contribution in [0.25, 0.3) is 0 Å². The van der Waals surface area contributed by atoms with E-state index >= 15 is 0 Å². The summed E-state index contributed by atoms with van der Waals surface area (Å²) in [5.41, 5.74) is 13.4. The molecule has 0 aliphatic heterocycles. The zero-order valence-corrected chi connectivity index (χ0v) is 9.74. The first-order valence-corrected chi connectivity index (χ1v) is 5.32. The molecule has 0 radical (unpaired) electrons. The van der Waals surface area contributed by atoms with Crippen LogP contribution >= 0.6 is 0 Å². The van der Waals surface area contributed by atoms with Crippen molar-refractivity contribution >= 4 is 35.9 Å². The molecule has 0 atom stereocenters. The number of nitrogens with zero attached hydrogens (tertiary/aromatic N) is 3. The number of hydrogen-bond acceptors (Lipinski definition) is 5. The van der Waals surface area contributed by atoms with Crippen molar-refractivity contribution in [2.24, 2.45) is 9.98 Å². The van der Waals surface area contributed by atoms with E-state index < -0.39 is 0 Å². The van der Waals surface area contributed by atoms with E-state index in [1.807, 2.05) is 30.3 Å². The second kappa shape index (κ2) is 5.09. The molecule has 0 saturated heterocycles. The minimum Gasteiger partial charge on any atom is -0.396 e. The van der Waals surface area contributed by atoms with Crippen molar-refractivity contribution in [1.82, 2.24) is 4.98 Å². The predicted octanol–water partition coefficient (Wildman–Crippen LogP) is 2.33. The van der Waals surface area contributed by atoms with Gasteiger partial charge in [0, 0.05) is 6.21 Å². The van der Waals surface area contributed by atoms with Crippen LogP contribution in [0.15, 0.2) is 46.4 Å². The van der Waals surface area contributed by atoms with Gasteiger partial charge < -0.3 is 11.5 Å². The number of benzene rings is 1. The highest BCUT2D eigenvalue weighted by Crippen LogP contribution is 2.29. The van der Waals surface area contributed by atoms with Gasteiger partial charge in [-0.2, -0.15) is 0 Å². The normalized spacial score (nSPS) is 10.7. The van der Waals surface area contributed by atoms with Crippen molar-refractivity contribution in [2.45, 2.75) is 0 Å². The third kappa shape index (κ3) is 2.52. The second-order valence-corrected chi connectivity index (χ2v) is 3.63. The predicted molar refractivity (Wildman–Crippen MR) is 76.0 cm³/mol. The van der Waals surface area contributed by atoms with Gasteiger partial charge in [-0.1, -0.05) is 30.3 Å². The van der Waals surface area contributed by atoms with Gasteiger partial charge in [0.15, 0.2) is 11.6 Å². The van der Waals surface area contributed by atoms with Gasteiger partial charge in [0.05, 0.1) is 5.69 Å². The maximum Gasteiger partial charge on any atom is 0.176 e. The highest BCUT2D eigenvalue weighted by molar-refractivity contribution is 5.84. The summed E-state index contributed by atoms with van der Waals surface area (Å²) in [7, 11) is 0. The number of anilines is 2. The maximum atomic E-state index is 5.76. The number of pyridine rings is 1. The number of rotatable bonds is 3. The summed E-state index contributed by atoms with van der Waals surface area (Å²) in [6.07, 6.45) is 1.70. The number of hydrogen-bond donors (Lipinski definition) is 2. The van der Waals surface area contributed by atoms with Gasteiger partial charge in [0.2, 0.25) is 0 Å². The van der Waals surface area contributed by atoms with Gasteiger partial charge in [0.1, 0.15) is 5.69 Å². The lowest BCUT2D eigenvalue weighted by molar-refractivity contribution is 1.28. The molecule has 1 aromatic carbocycles. The Labute approximate surface area is 105 Å². The summed E-state index contributed by atoms with van der Waals surface area (Å²) < 4.78 is 0. The van der Waals surface area contributed by atoms with E-state index in [0.29, 0.717) is 17.2 Å². The van der Waals surface area contributed by atoms with Gasteiger partial charge >= 0.3 is 0 Å². The minimum absolute atomic E-state index is 0.277. The highest BCUT2D eigenvalue weighted by atomic mass is 15.0. The Kier molecular flexibility index (Phi) is 3.33. The molecule has 5 nitrogen and oxygen atoms in total. The third-order valence-corrected chi connectivity index (χ3v) is 2.34. The van der Waals surface area contributed by atoms with Gasteiger partial charge in [-0.25, -0.2) is 9.98 Å². The molecule has 2 rings (SSSR count). The number of nitrogens with two attached hydrogens (primary N) is 2. The molecule has 0 saturated carbocycles. The topological polar surface area (TPSA) is 89.6 Å². The number of nitrogen functional groups attached to an aromatic ring is 2. The molecule has 0 bridgehead atoms. The minimum atomic E-state index is 0.277. The summed E-state index contributed by atoms with van der Waals surface area (Å²) in [5.74, 6) is 0.602. The molecule has 4 N–H and O–H groups in total. The van der Waals surface area contributed by atoms with E-state index in [1.54, 1.807) is 12.3 Å². The average molecular weight is 239 g/mol. The van der Waals surface area contributed by atoms with Crippen LogP contribution in [0, 0.1) is 0 Å². The summed E-state index contributed by atoms with van der Waals surface area (Å²) in [4.78, 5) is 11.9. The van der Waals surface area contributed by atoms with E-state index in [1.165, 1.54) is 0 Å². The van der Waals surface area contributed by atoms with Crippen molar-refractivity contribution in [2.75, 3.05) is 11.5 Å². The van der Waals surface area contributed by atoms with Gasteiger partial charge in [-0.05, 0) is 18.3 Å². The summed E-state index contributed by atoms with van der Waals surface area (Å²) in [5, 5.41) is 0. The molecular weight excluding hydrogens is 226 g/mol. The van der Waals surface area contributed by atoms with Crippen molar-refractivity contribution in [1.29, 1.82) is 0 Å².